The van der Waals surface area contributed by atoms with Gasteiger partial charge >= 0.3 is 0 Å². The number of aliphatic hydroxyl groups is 1. The van der Waals surface area contributed by atoms with E-state index in [-0.39, 0.29) is 12.2 Å². The highest BCUT2D eigenvalue weighted by molar-refractivity contribution is 6.08. The molecule has 3 rings (SSSR count). The number of carbonyl (C=O) groups excluding carboxylic acids is 2. The van der Waals surface area contributed by atoms with Crippen molar-refractivity contribution in [2.75, 3.05) is 18.1 Å². The molecular weight excluding hydrogens is 330 g/mol. The molecule has 5 heteroatoms. The number of ketones is 1. The number of fused-ring (bicyclic) bond motifs is 1. The highest BCUT2D eigenvalue weighted by Crippen LogP contribution is 2.42. The monoisotopic (exact) mass is 353 g/mol. The predicted octanol–water partition coefficient (Wildman–Crippen LogP) is 2.98. The maximum atomic E-state index is 12.8. The maximum Gasteiger partial charge on any atom is 0.264 e. The maximum absolute atomic E-state index is 12.8. The Balaban J connectivity index is 1.68. The molecule has 0 spiro atoms. The van der Waals surface area contributed by atoms with Crippen molar-refractivity contribution < 1.29 is 19.4 Å². The van der Waals surface area contributed by atoms with E-state index in [4.69, 9.17) is 4.74 Å². The van der Waals surface area contributed by atoms with Gasteiger partial charge in [0.25, 0.3) is 5.91 Å². The summed E-state index contributed by atoms with van der Waals surface area (Å²) in [4.78, 5) is 25.9. The van der Waals surface area contributed by atoms with Crippen molar-refractivity contribution >= 4 is 17.4 Å². The highest BCUT2D eigenvalue weighted by Gasteiger charge is 2.49. The minimum absolute atomic E-state index is 0.209. The first kappa shape index (κ1) is 18.1. The third-order valence-corrected chi connectivity index (χ3v) is 4.53. The van der Waals surface area contributed by atoms with E-state index < -0.39 is 11.5 Å². The van der Waals surface area contributed by atoms with Crippen LogP contribution in [-0.4, -0.2) is 29.9 Å². The fourth-order valence-electron chi connectivity index (χ4n) is 3.38. The van der Waals surface area contributed by atoms with Crippen molar-refractivity contribution in [3.05, 3.63) is 59.7 Å². The molecule has 2 aromatic rings. The van der Waals surface area contributed by atoms with Gasteiger partial charge in [0, 0.05) is 18.5 Å². The molecule has 1 atom stereocenters. The van der Waals surface area contributed by atoms with Crippen LogP contribution in [-0.2, 0) is 15.2 Å². The lowest BCUT2D eigenvalue weighted by atomic mass is 9.90. The molecule has 136 valence electrons. The van der Waals surface area contributed by atoms with Crippen LogP contribution in [0.25, 0.3) is 0 Å². The number of hydrogen-bond acceptors (Lipinski definition) is 4. The summed E-state index contributed by atoms with van der Waals surface area (Å²) in [7, 11) is 0. The number of amides is 1. The van der Waals surface area contributed by atoms with E-state index in [0.717, 1.165) is 11.3 Å². The lowest BCUT2D eigenvalue weighted by Crippen LogP contribution is -2.42. The molecule has 1 amide bonds. The van der Waals surface area contributed by atoms with Gasteiger partial charge in [-0.1, -0.05) is 30.3 Å². The molecule has 26 heavy (non-hydrogen) atoms. The number of aryl methyl sites for hydroxylation is 1. The first-order chi connectivity index (χ1) is 12.4. The average molecular weight is 353 g/mol. The van der Waals surface area contributed by atoms with E-state index in [2.05, 4.69) is 0 Å². The highest BCUT2D eigenvalue weighted by atomic mass is 16.5. The van der Waals surface area contributed by atoms with Crippen LogP contribution in [0.4, 0.5) is 5.69 Å². The molecule has 1 aliphatic heterocycles. The molecule has 0 bridgehead atoms. The zero-order valence-corrected chi connectivity index (χ0v) is 15.1. The fourth-order valence-corrected chi connectivity index (χ4v) is 3.38. The van der Waals surface area contributed by atoms with E-state index in [1.165, 1.54) is 6.92 Å². The van der Waals surface area contributed by atoms with Gasteiger partial charge in [-0.05, 0) is 44.0 Å². The Bertz CT molecular complexity index is 832. The van der Waals surface area contributed by atoms with Crippen LogP contribution in [0, 0.1) is 6.92 Å². The summed E-state index contributed by atoms with van der Waals surface area (Å²) < 4.78 is 5.73. The van der Waals surface area contributed by atoms with Crippen LogP contribution in [0.5, 0.6) is 5.75 Å². The van der Waals surface area contributed by atoms with Gasteiger partial charge in [0.15, 0.2) is 5.60 Å². The van der Waals surface area contributed by atoms with Gasteiger partial charge in [-0.3, -0.25) is 9.59 Å². The molecule has 5 nitrogen and oxygen atoms in total. The number of carbonyl (C=O) groups is 2. The molecule has 0 saturated heterocycles. The lowest BCUT2D eigenvalue weighted by molar-refractivity contribution is -0.141. The summed E-state index contributed by atoms with van der Waals surface area (Å²) in [5.41, 5.74) is 0.525. The van der Waals surface area contributed by atoms with Crippen molar-refractivity contribution in [3.8, 4) is 5.75 Å². The van der Waals surface area contributed by atoms with Gasteiger partial charge in [-0.2, -0.15) is 0 Å². The molecule has 1 aliphatic rings. The first-order valence-corrected chi connectivity index (χ1v) is 8.74. The molecule has 0 unspecified atom stereocenters. The van der Waals surface area contributed by atoms with Gasteiger partial charge in [-0.15, -0.1) is 0 Å². The number of benzene rings is 2. The third-order valence-electron chi connectivity index (χ3n) is 4.53. The Morgan fingerprint density at radius 3 is 2.69 bits per heavy atom. The molecular formula is C21H23NO4. The second-order valence-electron chi connectivity index (χ2n) is 6.73. The number of anilines is 1. The van der Waals surface area contributed by atoms with Crippen LogP contribution in [0.2, 0.25) is 0 Å². The van der Waals surface area contributed by atoms with Crippen LogP contribution in [0.3, 0.4) is 0 Å². The summed E-state index contributed by atoms with van der Waals surface area (Å²) in [6.45, 7) is 4.26. The zero-order chi connectivity index (χ0) is 18.7. The lowest BCUT2D eigenvalue weighted by Gasteiger charge is -2.22. The number of nitrogens with zero attached hydrogens (tertiary/aromatic N) is 1. The van der Waals surface area contributed by atoms with Crippen LogP contribution >= 0.6 is 0 Å². The average Bonchev–Trinajstić information content (AvgIpc) is 2.80. The number of hydrogen-bond donors (Lipinski definition) is 1. The second kappa shape index (κ2) is 7.30. The molecule has 0 saturated carbocycles. The summed E-state index contributed by atoms with van der Waals surface area (Å²) in [6, 6.07) is 14.9. The molecule has 1 heterocycles. The Labute approximate surface area is 153 Å². The van der Waals surface area contributed by atoms with Gasteiger partial charge in [0.2, 0.25) is 0 Å². The molecule has 2 aromatic carbocycles. The standard InChI is InChI=1S/C21H23NO4/c1-15-7-5-8-17(13-15)26-12-6-11-22-19-10-4-3-9-18(19)21(25,20(22)24)14-16(2)23/h3-5,7-10,13,25H,6,11-12,14H2,1-2H3/t21-/m1/s1. The van der Waals surface area contributed by atoms with Crippen LogP contribution in [0.15, 0.2) is 48.5 Å². The largest absolute Gasteiger partial charge is 0.494 e. The zero-order valence-electron chi connectivity index (χ0n) is 15.1. The van der Waals surface area contributed by atoms with E-state index in [1.807, 2.05) is 37.3 Å². The molecule has 0 fully saturated rings. The third kappa shape index (κ3) is 3.48. The number of ether oxygens (including phenoxy) is 1. The number of rotatable bonds is 7. The Hall–Kier alpha value is -2.66. The van der Waals surface area contributed by atoms with E-state index >= 15 is 0 Å². The Kier molecular flexibility index (Phi) is 5.09. The number of para-hydroxylation sites is 1. The fraction of sp³-hybridized carbons (Fsp3) is 0.333. The predicted molar refractivity (Wildman–Crippen MR) is 99.3 cm³/mol. The minimum Gasteiger partial charge on any atom is -0.494 e. The topological polar surface area (TPSA) is 66.8 Å². The molecule has 0 radical (unpaired) electrons. The molecule has 0 aromatic heterocycles. The molecule has 0 aliphatic carbocycles. The number of Topliss-reactive ketones (excluding diaryl/α,β-unsaturated/α-hetero) is 1. The van der Waals surface area contributed by atoms with E-state index in [1.54, 1.807) is 23.1 Å². The van der Waals surface area contributed by atoms with Crippen molar-refractivity contribution in [2.24, 2.45) is 0 Å². The van der Waals surface area contributed by atoms with E-state index in [9.17, 15) is 14.7 Å². The quantitative estimate of drug-likeness (QED) is 0.777. The Morgan fingerprint density at radius 1 is 1.19 bits per heavy atom. The van der Waals surface area contributed by atoms with Crippen LogP contribution < -0.4 is 9.64 Å². The second-order valence-corrected chi connectivity index (χ2v) is 6.73. The Morgan fingerprint density at radius 2 is 1.96 bits per heavy atom. The smallest absolute Gasteiger partial charge is 0.264 e. The van der Waals surface area contributed by atoms with Crippen molar-refractivity contribution in [3.63, 3.8) is 0 Å². The first-order valence-electron chi connectivity index (χ1n) is 8.74. The summed E-state index contributed by atoms with van der Waals surface area (Å²) in [5, 5.41) is 10.9. The van der Waals surface area contributed by atoms with Gasteiger partial charge in [0.1, 0.15) is 11.5 Å². The van der Waals surface area contributed by atoms with E-state index in [0.29, 0.717) is 30.8 Å². The van der Waals surface area contributed by atoms with Crippen molar-refractivity contribution in [1.82, 2.24) is 0 Å². The van der Waals surface area contributed by atoms with Gasteiger partial charge in [-0.25, -0.2) is 0 Å². The summed E-state index contributed by atoms with van der Waals surface area (Å²) >= 11 is 0. The summed E-state index contributed by atoms with van der Waals surface area (Å²) in [6.07, 6.45) is 0.406. The SMILES string of the molecule is CC(=O)C[C@]1(O)C(=O)N(CCCOc2cccc(C)c2)c2ccccc21. The molecule has 1 N–H and O–H groups in total. The van der Waals surface area contributed by atoms with Gasteiger partial charge in [0.05, 0.1) is 12.3 Å². The van der Waals surface area contributed by atoms with Crippen molar-refractivity contribution in [2.45, 2.75) is 32.3 Å². The minimum atomic E-state index is -1.76. The summed E-state index contributed by atoms with van der Waals surface area (Å²) in [5.74, 6) is 0.135. The van der Waals surface area contributed by atoms with Crippen molar-refractivity contribution in [1.29, 1.82) is 0 Å². The van der Waals surface area contributed by atoms with Crippen LogP contribution in [0.1, 0.15) is 30.9 Å². The van der Waals surface area contributed by atoms with Gasteiger partial charge < -0.3 is 14.7 Å². The normalized spacial score (nSPS) is 18.7.